The van der Waals surface area contributed by atoms with Gasteiger partial charge in [-0.1, -0.05) is 61.5 Å². The first-order valence-electron chi connectivity index (χ1n) is 8.59. The van der Waals surface area contributed by atoms with Crippen molar-refractivity contribution in [1.29, 1.82) is 0 Å². The summed E-state index contributed by atoms with van der Waals surface area (Å²) in [5.41, 5.74) is 3.39. The van der Waals surface area contributed by atoms with Crippen molar-refractivity contribution < 1.29 is 4.79 Å². The normalized spacial score (nSPS) is 19.5. The minimum absolute atomic E-state index is 0.0189. The number of fused-ring (bicyclic) bond motifs is 1. The highest BCUT2D eigenvalue weighted by Crippen LogP contribution is 2.33. The molecule has 0 saturated heterocycles. The molecule has 0 bridgehead atoms. The van der Waals surface area contributed by atoms with Crippen molar-refractivity contribution in [2.45, 2.75) is 51.0 Å². The second-order valence-electron chi connectivity index (χ2n) is 6.68. The van der Waals surface area contributed by atoms with Crippen molar-refractivity contribution in [2.75, 3.05) is 0 Å². The maximum atomic E-state index is 13.0. The number of nitrogens with one attached hydrogen (secondary N) is 1. The average Bonchev–Trinajstić information content (AvgIpc) is 2.61. The van der Waals surface area contributed by atoms with Gasteiger partial charge in [0.25, 0.3) is 0 Å². The van der Waals surface area contributed by atoms with Crippen molar-refractivity contribution in [3.63, 3.8) is 0 Å². The SMILES string of the molecule is CCC(C)(NC(=O)C1CCCc2ccccc21)c1ccccc1. The molecule has 0 heterocycles. The number of amides is 1. The van der Waals surface area contributed by atoms with Crippen LogP contribution in [0.15, 0.2) is 54.6 Å². The lowest BCUT2D eigenvalue weighted by molar-refractivity contribution is -0.124. The molecule has 2 heteroatoms. The zero-order valence-corrected chi connectivity index (χ0v) is 14.0. The average molecular weight is 307 g/mol. The molecule has 1 amide bonds. The molecule has 0 fully saturated rings. The quantitative estimate of drug-likeness (QED) is 0.882. The molecule has 0 spiro atoms. The lowest BCUT2D eigenvalue weighted by Crippen LogP contribution is -2.45. The molecular weight excluding hydrogens is 282 g/mol. The Labute approximate surface area is 138 Å². The number of aryl methyl sites for hydroxylation is 1. The standard InChI is InChI=1S/C21H25NO/c1-3-21(2,17-12-5-4-6-13-17)22-20(23)19-15-9-11-16-10-7-8-14-18(16)19/h4-8,10,12-14,19H,3,9,11,15H2,1-2H3,(H,22,23). The van der Waals surface area contributed by atoms with Gasteiger partial charge in [-0.15, -0.1) is 0 Å². The Morgan fingerprint density at radius 3 is 2.57 bits per heavy atom. The smallest absolute Gasteiger partial charge is 0.228 e. The molecule has 0 radical (unpaired) electrons. The minimum atomic E-state index is -0.315. The molecule has 2 unspecified atom stereocenters. The van der Waals surface area contributed by atoms with E-state index < -0.39 is 0 Å². The number of carbonyl (C=O) groups excluding carboxylic acids is 1. The summed E-state index contributed by atoms with van der Waals surface area (Å²) in [7, 11) is 0. The van der Waals surface area contributed by atoms with Gasteiger partial charge in [0.15, 0.2) is 0 Å². The zero-order valence-electron chi connectivity index (χ0n) is 14.0. The van der Waals surface area contributed by atoms with E-state index in [1.54, 1.807) is 0 Å². The molecule has 0 aliphatic heterocycles. The Kier molecular flexibility index (Phi) is 4.51. The van der Waals surface area contributed by atoms with Crippen LogP contribution in [0, 0.1) is 0 Å². The Morgan fingerprint density at radius 2 is 1.83 bits per heavy atom. The highest BCUT2D eigenvalue weighted by Gasteiger charge is 2.32. The molecule has 0 saturated carbocycles. The fourth-order valence-corrected chi connectivity index (χ4v) is 3.56. The molecule has 120 valence electrons. The van der Waals surface area contributed by atoms with Crippen LogP contribution in [-0.2, 0) is 16.8 Å². The summed E-state index contributed by atoms with van der Waals surface area (Å²) in [4.78, 5) is 13.0. The van der Waals surface area contributed by atoms with Crippen LogP contribution < -0.4 is 5.32 Å². The van der Waals surface area contributed by atoms with E-state index in [0.717, 1.165) is 25.7 Å². The molecule has 23 heavy (non-hydrogen) atoms. The molecule has 1 aliphatic carbocycles. The maximum absolute atomic E-state index is 13.0. The topological polar surface area (TPSA) is 29.1 Å². The first-order chi connectivity index (χ1) is 11.1. The van der Waals surface area contributed by atoms with Crippen LogP contribution in [0.4, 0.5) is 0 Å². The van der Waals surface area contributed by atoms with Gasteiger partial charge in [-0.25, -0.2) is 0 Å². The van der Waals surface area contributed by atoms with E-state index in [2.05, 4.69) is 49.5 Å². The largest absolute Gasteiger partial charge is 0.346 e. The molecule has 1 aliphatic rings. The van der Waals surface area contributed by atoms with Gasteiger partial charge in [0.05, 0.1) is 11.5 Å². The third-order valence-corrected chi connectivity index (χ3v) is 5.20. The number of hydrogen-bond donors (Lipinski definition) is 1. The van der Waals surface area contributed by atoms with Gasteiger partial charge in [-0.3, -0.25) is 4.79 Å². The van der Waals surface area contributed by atoms with Crippen molar-refractivity contribution in [3.05, 3.63) is 71.3 Å². The van der Waals surface area contributed by atoms with E-state index in [1.807, 2.05) is 24.3 Å². The summed E-state index contributed by atoms with van der Waals surface area (Å²) in [6.45, 7) is 4.25. The van der Waals surface area contributed by atoms with Crippen molar-refractivity contribution >= 4 is 5.91 Å². The minimum Gasteiger partial charge on any atom is -0.346 e. The van der Waals surface area contributed by atoms with Crippen LogP contribution in [0.3, 0.4) is 0 Å². The van der Waals surface area contributed by atoms with E-state index in [-0.39, 0.29) is 17.4 Å². The van der Waals surface area contributed by atoms with Crippen molar-refractivity contribution in [1.82, 2.24) is 5.32 Å². The molecule has 1 N–H and O–H groups in total. The highest BCUT2D eigenvalue weighted by atomic mass is 16.2. The van der Waals surface area contributed by atoms with E-state index in [4.69, 9.17) is 0 Å². The summed E-state index contributed by atoms with van der Waals surface area (Å²) < 4.78 is 0. The second-order valence-corrected chi connectivity index (χ2v) is 6.68. The predicted octanol–water partition coefficient (Wildman–Crippen LogP) is 4.55. The van der Waals surface area contributed by atoms with Crippen LogP contribution in [0.1, 0.15) is 55.7 Å². The van der Waals surface area contributed by atoms with Crippen LogP contribution >= 0.6 is 0 Å². The third kappa shape index (κ3) is 3.17. The molecule has 2 aromatic rings. The summed E-state index contributed by atoms with van der Waals surface area (Å²) in [5, 5.41) is 3.33. The fraction of sp³-hybridized carbons (Fsp3) is 0.381. The zero-order chi connectivity index (χ0) is 16.3. The van der Waals surface area contributed by atoms with E-state index in [1.165, 1.54) is 16.7 Å². The number of rotatable bonds is 4. The van der Waals surface area contributed by atoms with Gasteiger partial charge in [-0.2, -0.15) is 0 Å². The van der Waals surface area contributed by atoms with Gasteiger partial charge >= 0.3 is 0 Å². The Balaban J connectivity index is 1.84. The molecule has 2 atom stereocenters. The molecule has 0 aromatic heterocycles. The van der Waals surface area contributed by atoms with Gasteiger partial charge in [-0.05, 0) is 49.3 Å². The first-order valence-corrected chi connectivity index (χ1v) is 8.59. The second kappa shape index (κ2) is 6.57. The van der Waals surface area contributed by atoms with E-state index in [9.17, 15) is 4.79 Å². The summed E-state index contributed by atoms with van der Waals surface area (Å²) in [6, 6.07) is 18.7. The Hall–Kier alpha value is -2.09. The Morgan fingerprint density at radius 1 is 1.13 bits per heavy atom. The van der Waals surface area contributed by atoms with Crippen LogP contribution in [0.5, 0.6) is 0 Å². The van der Waals surface area contributed by atoms with Gasteiger partial charge in [0, 0.05) is 0 Å². The van der Waals surface area contributed by atoms with Gasteiger partial charge in [0.1, 0.15) is 0 Å². The molecule has 3 rings (SSSR count). The van der Waals surface area contributed by atoms with Crippen molar-refractivity contribution in [2.24, 2.45) is 0 Å². The number of benzene rings is 2. The summed E-state index contributed by atoms with van der Waals surface area (Å²) in [6.07, 6.45) is 3.99. The highest BCUT2D eigenvalue weighted by molar-refractivity contribution is 5.85. The molecular formula is C21H25NO. The first kappa shape index (κ1) is 15.8. The third-order valence-electron chi connectivity index (χ3n) is 5.20. The van der Waals surface area contributed by atoms with E-state index >= 15 is 0 Å². The lowest BCUT2D eigenvalue weighted by Gasteiger charge is -2.33. The molecule has 2 aromatic carbocycles. The van der Waals surface area contributed by atoms with Crippen LogP contribution in [0.25, 0.3) is 0 Å². The Bertz CT molecular complexity index is 679. The van der Waals surface area contributed by atoms with Crippen LogP contribution in [0.2, 0.25) is 0 Å². The number of hydrogen-bond acceptors (Lipinski definition) is 1. The number of carbonyl (C=O) groups is 1. The summed E-state index contributed by atoms with van der Waals surface area (Å²) in [5.74, 6) is 0.139. The lowest BCUT2D eigenvalue weighted by atomic mass is 9.81. The fourth-order valence-electron chi connectivity index (χ4n) is 3.56. The monoisotopic (exact) mass is 307 g/mol. The summed E-state index contributed by atoms with van der Waals surface area (Å²) >= 11 is 0. The predicted molar refractivity (Wildman–Crippen MR) is 94.3 cm³/mol. The van der Waals surface area contributed by atoms with Gasteiger partial charge < -0.3 is 5.32 Å². The van der Waals surface area contributed by atoms with Crippen molar-refractivity contribution in [3.8, 4) is 0 Å². The maximum Gasteiger partial charge on any atom is 0.228 e. The van der Waals surface area contributed by atoms with Crippen LogP contribution in [-0.4, -0.2) is 5.91 Å². The van der Waals surface area contributed by atoms with Gasteiger partial charge in [0.2, 0.25) is 5.91 Å². The van der Waals surface area contributed by atoms with E-state index in [0.29, 0.717) is 0 Å². The molecule has 2 nitrogen and oxygen atoms in total.